The monoisotopic (exact) mass is 246 g/mol. The van der Waals surface area contributed by atoms with Crippen molar-refractivity contribution in [1.29, 1.82) is 0 Å². The number of hydrogen-bond donors (Lipinski definition) is 1. The van der Waals surface area contributed by atoms with E-state index in [1.54, 1.807) is 14.2 Å². The van der Waals surface area contributed by atoms with Crippen molar-refractivity contribution in [1.82, 2.24) is 4.98 Å². The molecule has 2 rings (SSSR count). The number of primary amides is 1. The normalized spacial score (nSPS) is 10.4. The molecule has 18 heavy (non-hydrogen) atoms. The molecule has 0 saturated carbocycles. The van der Waals surface area contributed by atoms with Crippen LogP contribution in [0.3, 0.4) is 0 Å². The number of nitrogens with zero attached hydrogens (tertiary/aromatic N) is 1. The lowest BCUT2D eigenvalue weighted by Crippen LogP contribution is -2.13. The Labute approximate surface area is 105 Å². The number of carbonyl (C=O) groups excluding carboxylic acids is 1. The Morgan fingerprint density at radius 3 is 2.44 bits per heavy atom. The molecule has 0 spiro atoms. The van der Waals surface area contributed by atoms with E-state index in [1.165, 1.54) is 6.07 Å². The minimum atomic E-state index is -0.586. The van der Waals surface area contributed by atoms with Crippen molar-refractivity contribution >= 4 is 16.8 Å². The fraction of sp³-hybridized carbons (Fsp3) is 0.231. The fourth-order valence-electron chi connectivity index (χ4n) is 1.90. The van der Waals surface area contributed by atoms with Gasteiger partial charge in [0.05, 0.1) is 19.7 Å². The first-order valence-electron chi connectivity index (χ1n) is 5.40. The van der Waals surface area contributed by atoms with Crippen LogP contribution in [0.2, 0.25) is 0 Å². The summed E-state index contributed by atoms with van der Waals surface area (Å²) in [6, 6.07) is 5.22. The summed E-state index contributed by atoms with van der Waals surface area (Å²) >= 11 is 0. The number of nitrogens with two attached hydrogens (primary N) is 1. The van der Waals surface area contributed by atoms with Crippen LogP contribution in [0.4, 0.5) is 0 Å². The summed E-state index contributed by atoms with van der Waals surface area (Å²) < 4.78 is 10.5. The summed E-state index contributed by atoms with van der Waals surface area (Å²) in [4.78, 5) is 15.5. The zero-order valence-corrected chi connectivity index (χ0v) is 10.5. The van der Waals surface area contributed by atoms with Gasteiger partial charge in [-0.05, 0) is 19.1 Å². The third-order valence-electron chi connectivity index (χ3n) is 2.84. The minimum absolute atomic E-state index is 0.177. The summed E-state index contributed by atoms with van der Waals surface area (Å²) in [7, 11) is 3.13. The van der Waals surface area contributed by atoms with Crippen molar-refractivity contribution in [2.75, 3.05) is 14.2 Å². The highest BCUT2D eigenvalue weighted by Gasteiger charge is 2.13. The van der Waals surface area contributed by atoms with Gasteiger partial charge in [0.1, 0.15) is 17.2 Å². The Kier molecular flexibility index (Phi) is 3.06. The quantitative estimate of drug-likeness (QED) is 0.893. The SMILES string of the molecule is COc1ccc2c(OC)cc(C(N)=O)nc2c1C. The molecule has 0 aliphatic heterocycles. The van der Waals surface area contributed by atoms with Crippen LogP contribution < -0.4 is 15.2 Å². The number of ether oxygens (including phenoxy) is 2. The van der Waals surface area contributed by atoms with Gasteiger partial charge < -0.3 is 15.2 Å². The number of hydrogen-bond acceptors (Lipinski definition) is 4. The van der Waals surface area contributed by atoms with E-state index >= 15 is 0 Å². The molecule has 0 fully saturated rings. The molecule has 0 atom stereocenters. The predicted molar refractivity (Wildman–Crippen MR) is 68.1 cm³/mol. The van der Waals surface area contributed by atoms with Crippen LogP contribution >= 0.6 is 0 Å². The molecular weight excluding hydrogens is 232 g/mol. The Balaban J connectivity index is 2.84. The molecule has 0 aliphatic carbocycles. The smallest absolute Gasteiger partial charge is 0.267 e. The summed E-state index contributed by atoms with van der Waals surface area (Å²) in [5.74, 6) is 0.690. The van der Waals surface area contributed by atoms with Gasteiger partial charge in [0, 0.05) is 17.0 Å². The largest absolute Gasteiger partial charge is 0.496 e. The number of carbonyl (C=O) groups is 1. The van der Waals surface area contributed by atoms with E-state index in [9.17, 15) is 4.79 Å². The van der Waals surface area contributed by atoms with Gasteiger partial charge in [0.15, 0.2) is 0 Å². The second-order valence-corrected chi connectivity index (χ2v) is 3.86. The van der Waals surface area contributed by atoms with E-state index in [2.05, 4.69) is 4.98 Å². The number of pyridine rings is 1. The van der Waals surface area contributed by atoms with Crippen LogP contribution in [-0.2, 0) is 0 Å². The summed E-state index contributed by atoms with van der Waals surface area (Å²) in [5.41, 5.74) is 6.94. The molecule has 5 nitrogen and oxygen atoms in total. The lowest BCUT2D eigenvalue weighted by atomic mass is 10.1. The summed E-state index contributed by atoms with van der Waals surface area (Å²) in [6.07, 6.45) is 0. The molecule has 1 amide bonds. The average Bonchev–Trinajstić information content (AvgIpc) is 2.38. The molecule has 1 heterocycles. The van der Waals surface area contributed by atoms with Crippen molar-refractivity contribution < 1.29 is 14.3 Å². The summed E-state index contributed by atoms with van der Waals surface area (Å²) in [5, 5.41) is 0.820. The Bertz CT molecular complexity index is 623. The first-order valence-corrected chi connectivity index (χ1v) is 5.40. The highest BCUT2D eigenvalue weighted by Crippen LogP contribution is 2.31. The Morgan fingerprint density at radius 2 is 1.89 bits per heavy atom. The van der Waals surface area contributed by atoms with Crippen LogP contribution in [-0.4, -0.2) is 25.1 Å². The molecule has 2 aromatic rings. The van der Waals surface area contributed by atoms with Gasteiger partial charge in [-0.1, -0.05) is 0 Å². The molecule has 1 aromatic heterocycles. The summed E-state index contributed by atoms with van der Waals surface area (Å²) in [6.45, 7) is 1.87. The van der Waals surface area contributed by atoms with Crippen molar-refractivity contribution in [3.63, 3.8) is 0 Å². The first-order chi connectivity index (χ1) is 8.58. The maximum absolute atomic E-state index is 11.3. The van der Waals surface area contributed by atoms with Crippen LogP contribution in [0.1, 0.15) is 16.1 Å². The molecule has 0 unspecified atom stereocenters. The third kappa shape index (κ3) is 1.84. The standard InChI is InChI=1S/C13H14N2O3/c1-7-10(17-2)5-4-8-11(18-3)6-9(13(14)16)15-12(7)8/h4-6H,1-3H3,(H2,14,16). The minimum Gasteiger partial charge on any atom is -0.496 e. The first kappa shape index (κ1) is 12.2. The van der Waals surface area contributed by atoms with Gasteiger partial charge in [0.25, 0.3) is 5.91 Å². The number of fused-ring (bicyclic) bond motifs is 1. The number of amides is 1. The number of rotatable bonds is 3. The van der Waals surface area contributed by atoms with E-state index in [0.29, 0.717) is 17.0 Å². The van der Waals surface area contributed by atoms with Crippen molar-refractivity contribution in [2.45, 2.75) is 6.92 Å². The van der Waals surface area contributed by atoms with Gasteiger partial charge in [-0.2, -0.15) is 0 Å². The van der Waals surface area contributed by atoms with E-state index in [0.717, 1.165) is 10.9 Å². The molecule has 5 heteroatoms. The zero-order valence-electron chi connectivity index (χ0n) is 10.5. The van der Waals surface area contributed by atoms with E-state index in [1.807, 2.05) is 19.1 Å². The van der Waals surface area contributed by atoms with Crippen LogP contribution in [0.25, 0.3) is 10.9 Å². The molecule has 0 saturated heterocycles. The van der Waals surface area contributed by atoms with Crippen molar-refractivity contribution in [3.05, 3.63) is 29.5 Å². The molecule has 0 aliphatic rings. The molecule has 0 radical (unpaired) electrons. The lowest BCUT2D eigenvalue weighted by Gasteiger charge is -2.11. The molecule has 94 valence electrons. The van der Waals surface area contributed by atoms with Gasteiger partial charge in [-0.25, -0.2) is 4.98 Å². The van der Waals surface area contributed by atoms with E-state index in [4.69, 9.17) is 15.2 Å². The van der Waals surface area contributed by atoms with Crippen molar-refractivity contribution in [2.24, 2.45) is 5.73 Å². The van der Waals surface area contributed by atoms with Crippen LogP contribution in [0.15, 0.2) is 18.2 Å². The molecule has 1 aromatic carbocycles. The maximum atomic E-state index is 11.3. The Hall–Kier alpha value is -2.30. The Morgan fingerprint density at radius 1 is 1.22 bits per heavy atom. The maximum Gasteiger partial charge on any atom is 0.267 e. The van der Waals surface area contributed by atoms with E-state index < -0.39 is 5.91 Å². The highest BCUT2D eigenvalue weighted by molar-refractivity contribution is 5.97. The number of aryl methyl sites for hydroxylation is 1. The second-order valence-electron chi connectivity index (χ2n) is 3.86. The molecule has 2 N–H and O–H groups in total. The van der Waals surface area contributed by atoms with E-state index in [-0.39, 0.29) is 5.69 Å². The number of benzene rings is 1. The predicted octanol–water partition coefficient (Wildman–Crippen LogP) is 1.66. The van der Waals surface area contributed by atoms with Crippen LogP contribution in [0, 0.1) is 6.92 Å². The number of aromatic nitrogens is 1. The fourth-order valence-corrected chi connectivity index (χ4v) is 1.90. The molecule has 0 bridgehead atoms. The van der Waals surface area contributed by atoms with Gasteiger partial charge >= 0.3 is 0 Å². The highest BCUT2D eigenvalue weighted by atomic mass is 16.5. The third-order valence-corrected chi connectivity index (χ3v) is 2.84. The van der Waals surface area contributed by atoms with Gasteiger partial charge in [0.2, 0.25) is 0 Å². The zero-order chi connectivity index (χ0) is 13.3. The van der Waals surface area contributed by atoms with Gasteiger partial charge in [-0.3, -0.25) is 4.79 Å². The average molecular weight is 246 g/mol. The second kappa shape index (κ2) is 4.52. The van der Waals surface area contributed by atoms with Gasteiger partial charge in [-0.15, -0.1) is 0 Å². The molecular formula is C13H14N2O3. The lowest BCUT2D eigenvalue weighted by molar-refractivity contribution is 0.0995. The number of methoxy groups -OCH3 is 2. The topological polar surface area (TPSA) is 74.4 Å². The van der Waals surface area contributed by atoms with Crippen molar-refractivity contribution in [3.8, 4) is 11.5 Å². The van der Waals surface area contributed by atoms with Crippen LogP contribution in [0.5, 0.6) is 11.5 Å².